The minimum atomic E-state index is 0.704. The lowest BCUT2D eigenvalue weighted by molar-refractivity contribution is 0.375. The highest BCUT2D eigenvalue weighted by Crippen LogP contribution is 2.36. The van der Waals surface area contributed by atoms with E-state index in [1.54, 1.807) is 0 Å². The monoisotopic (exact) mass is 253 g/mol. The molecule has 0 heterocycles. The summed E-state index contributed by atoms with van der Waals surface area (Å²) >= 11 is 0. The number of benzene rings is 1. The number of allylic oxidation sites excluding steroid dienone is 2. The van der Waals surface area contributed by atoms with Gasteiger partial charge in [0.15, 0.2) is 5.69 Å². The molecule has 0 radical (unpaired) electrons. The third-order valence-electron chi connectivity index (χ3n) is 4.13. The third-order valence-corrected chi connectivity index (χ3v) is 4.13. The van der Waals surface area contributed by atoms with Gasteiger partial charge in [-0.2, -0.15) is 0 Å². The quantitative estimate of drug-likeness (QED) is 0.467. The van der Waals surface area contributed by atoms with Crippen molar-refractivity contribution >= 4 is 5.69 Å². The fraction of sp³-hybridized carbons (Fsp3) is 0.500. The Balaban J connectivity index is 1.87. The smallest absolute Gasteiger partial charge is 0.187 e. The number of hydrogen-bond acceptors (Lipinski definition) is 0. The molecule has 0 unspecified atom stereocenters. The molecule has 0 aliphatic heterocycles. The van der Waals surface area contributed by atoms with E-state index in [0.29, 0.717) is 5.92 Å². The average molecular weight is 253 g/mol. The van der Waals surface area contributed by atoms with Crippen molar-refractivity contribution in [2.24, 2.45) is 5.92 Å². The Morgan fingerprint density at radius 2 is 1.84 bits per heavy atom. The molecule has 2 rings (SSSR count). The molecule has 1 aromatic rings. The molecule has 19 heavy (non-hydrogen) atoms. The van der Waals surface area contributed by atoms with Gasteiger partial charge in [-0.15, -0.1) is 0 Å². The second-order valence-corrected chi connectivity index (χ2v) is 5.53. The first kappa shape index (κ1) is 13.9. The molecule has 1 saturated carbocycles. The maximum absolute atomic E-state index is 6.98. The highest BCUT2D eigenvalue weighted by Gasteiger charge is 2.20. The summed E-state index contributed by atoms with van der Waals surface area (Å²) in [5.74, 6) is 1.50. The average Bonchev–Trinajstić information content (AvgIpc) is 2.48. The van der Waals surface area contributed by atoms with Gasteiger partial charge in [0.25, 0.3) is 0 Å². The van der Waals surface area contributed by atoms with Crippen molar-refractivity contribution in [2.45, 2.75) is 51.4 Å². The summed E-state index contributed by atoms with van der Waals surface area (Å²) in [6, 6.07) is 8.20. The van der Waals surface area contributed by atoms with E-state index in [1.807, 2.05) is 12.1 Å². The lowest BCUT2D eigenvalue weighted by atomic mass is 9.78. The molecule has 1 aromatic carbocycles. The molecule has 1 aliphatic rings. The van der Waals surface area contributed by atoms with E-state index in [9.17, 15) is 0 Å². The van der Waals surface area contributed by atoms with Crippen molar-refractivity contribution in [1.29, 1.82) is 0 Å². The van der Waals surface area contributed by atoms with Crippen LogP contribution < -0.4 is 0 Å². The molecule has 0 atom stereocenters. The normalized spacial score (nSPS) is 23.4. The van der Waals surface area contributed by atoms with Gasteiger partial charge in [-0.05, 0) is 49.5 Å². The Hall–Kier alpha value is -1.55. The van der Waals surface area contributed by atoms with Crippen molar-refractivity contribution in [3.8, 4) is 0 Å². The molecule has 0 amide bonds. The molecule has 0 saturated heterocycles. The number of nitrogens with zero attached hydrogens (tertiary/aromatic N) is 1. The van der Waals surface area contributed by atoms with E-state index in [4.69, 9.17) is 6.57 Å². The fourth-order valence-electron chi connectivity index (χ4n) is 2.92. The number of hydrogen-bond donors (Lipinski definition) is 0. The van der Waals surface area contributed by atoms with Gasteiger partial charge in [-0.1, -0.05) is 49.8 Å². The van der Waals surface area contributed by atoms with E-state index in [1.165, 1.54) is 44.1 Å². The van der Waals surface area contributed by atoms with Crippen molar-refractivity contribution in [3.05, 3.63) is 53.4 Å². The lowest BCUT2D eigenvalue weighted by Gasteiger charge is -2.27. The second-order valence-electron chi connectivity index (χ2n) is 5.53. The molecule has 0 N–H and O–H groups in total. The van der Waals surface area contributed by atoms with E-state index in [0.717, 1.165) is 11.6 Å². The van der Waals surface area contributed by atoms with Crippen LogP contribution in [0.5, 0.6) is 0 Å². The first-order valence-corrected chi connectivity index (χ1v) is 7.47. The molecular weight excluding hydrogens is 230 g/mol. The molecule has 0 spiro atoms. The summed E-state index contributed by atoms with van der Waals surface area (Å²) in [5, 5.41) is 0. The first-order chi connectivity index (χ1) is 9.33. The maximum atomic E-state index is 6.98. The lowest BCUT2D eigenvalue weighted by Crippen LogP contribution is -2.11. The molecule has 1 aliphatic carbocycles. The molecule has 0 bridgehead atoms. The van der Waals surface area contributed by atoms with Crippen LogP contribution in [0.1, 0.15) is 56.9 Å². The second kappa shape index (κ2) is 7.14. The van der Waals surface area contributed by atoms with Gasteiger partial charge in [0.05, 0.1) is 6.57 Å². The zero-order chi connectivity index (χ0) is 13.5. The van der Waals surface area contributed by atoms with E-state index in [-0.39, 0.29) is 0 Å². The Labute approximate surface area is 117 Å². The summed E-state index contributed by atoms with van der Waals surface area (Å²) in [5.41, 5.74) is 2.17. The highest BCUT2D eigenvalue weighted by molar-refractivity contribution is 5.46. The predicted molar refractivity (Wildman–Crippen MR) is 81.5 cm³/mol. The Morgan fingerprint density at radius 3 is 2.42 bits per heavy atom. The third kappa shape index (κ3) is 3.96. The SMILES string of the molecule is [C-]#[N+]c1ccc(C2CCC(C=CCCC)CC2)cc1. The van der Waals surface area contributed by atoms with Gasteiger partial charge in [0.1, 0.15) is 0 Å². The van der Waals surface area contributed by atoms with Gasteiger partial charge in [0.2, 0.25) is 0 Å². The first-order valence-electron chi connectivity index (χ1n) is 7.47. The van der Waals surface area contributed by atoms with Gasteiger partial charge in [0, 0.05) is 0 Å². The molecule has 0 aromatic heterocycles. The molecule has 1 heteroatoms. The Morgan fingerprint density at radius 1 is 1.16 bits per heavy atom. The minimum Gasteiger partial charge on any atom is -0.238 e. The Bertz CT molecular complexity index is 442. The zero-order valence-electron chi connectivity index (χ0n) is 11.8. The van der Waals surface area contributed by atoms with Crippen LogP contribution in [-0.4, -0.2) is 0 Å². The predicted octanol–water partition coefficient (Wildman–Crippen LogP) is 5.87. The molecule has 1 fully saturated rings. The van der Waals surface area contributed by atoms with Crippen LogP contribution in [0.3, 0.4) is 0 Å². The van der Waals surface area contributed by atoms with Crippen LogP contribution in [0.4, 0.5) is 5.69 Å². The van der Waals surface area contributed by atoms with Crippen LogP contribution in [0.15, 0.2) is 36.4 Å². The standard InChI is InChI=1S/C18H23N/c1-3-4-5-6-15-7-9-16(10-8-15)17-11-13-18(19-2)14-12-17/h5-6,11-16H,3-4,7-10H2,1H3. The topological polar surface area (TPSA) is 4.36 Å². The van der Waals surface area contributed by atoms with E-state index < -0.39 is 0 Å². The summed E-state index contributed by atoms with van der Waals surface area (Å²) in [4.78, 5) is 3.45. The maximum Gasteiger partial charge on any atom is 0.187 e. The molecule has 100 valence electrons. The van der Waals surface area contributed by atoms with Gasteiger partial charge < -0.3 is 0 Å². The van der Waals surface area contributed by atoms with E-state index >= 15 is 0 Å². The zero-order valence-corrected chi connectivity index (χ0v) is 11.8. The van der Waals surface area contributed by atoms with E-state index in [2.05, 4.69) is 36.1 Å². The summed E-state index contributed by atoms with van der Waals surface area (Å²) in [6.07, 6.45) is 12.5. The largest absolute Gasteiger partial charge is 0.238 e. The number of rotatable bonds is 4. The van der Waals surface area contributed by atoms with Crippen molar-refractivity contribution in [3.63, 3.8) is 0 Å². The van der Waals surface area contributed by atoms with Gasteiger partial charge in [-0.25, -0.2) is 4.85 Å². The van der Waals surface area contributed by atoms with Gasteiger partial charge in [-0.3, -0.25) is 0 Å². The van der Waals surface area contributed by atoms with Crippen LogP contribution >= 0.6 is 0 Å². The van der Waals surface area contributed by atoms with Crippen LogP contribution in [-0.2, 0) is 0 Å². The minimum absolute atomic E-state index is 0.704. The highest BCUT2D eigenvalue weighted by atomic mass is 14.6. The fourth-order valence-corrected chi connectivity index (χ4v) is 2.92. The number of unbranched alkanes of at least 4 members (excludes halogenated alkanes) is 1. The Kier molecular flexibility index (Phi) is 5.21. The summed E-state index contributed by atoms with van der Waals surface area (Å²) in [6.45, 7) is 9.21. The summed E-state index contributed by atoms with van der Waals surface area (Å²) in [7, 11) is 0. The van der Waals surface area contributed by atoms with Crippen molar-refractivity contribution < 1.29 is 0 Å². The van der Waals surface area contributed by atoms with Crippen LogP contribution in [0, 0.1) is 12.5 Å². The summed E-state index contributed by atoms with van der Waals surface area (Å²) < 4.78 is 0. The van der Waals surface area contributed by atoms with Gasteiger partial charge >= 0.3 is 0 Å². The van der Waals surface area contributed by atoms with Crippen molar-refractivity contribution in [2.75, 3.05) is 0 Å². The van der Waals surface area contributed by atoms with Crippen molar-refractivity contribution in [1.82, 2.24) is 0 Å². The molecule has 1 nitrogen and oxygen atoms in total. The van der Waals surface area contributed by atoms with Crippen LogP contribution in [0.2, 0.25) is 0 Å². The van der Waals surface area contributed by atoms with Crippen LogP contribution in [0.25, 0.3) is 4.85 Å². The molecular formula is C18H23N.